The monoisotopic (exact) mass is 144 g/mol. The topological polar surface area (TPSA) is 57.5 Å². The molecule has 0 aromatic rings. The third kappa shape index (κ3) is 28.5. The summed E-state index contributed by atoms with van der Waals surface area (Å²) >= 11 is 0. The number of aliphatic hydroxyl groups is 1. The van der Waals surface area contributed by atoms with E-state index in [-0.39, 0.29) is 0 Å². The van der Waals surface area contributed by atoms with E-state index in [1.54, 1.807) is 6.08 Å². The largest absolute Gasteiger partial charge is 0.480 e. The lowest BCUT2D eigenvalue weighted by atomic mass is 10.4. The molecule has 0 amide bonds. The van der Waals surface area contributed by atoms with Crippen molar-refractivity contribution in [3.05, 3.63) is 24.8 Å². The summed E-state index contributed by atoms with van der Waals surface area (Å²) in [4.78, 5) is 9.12. The van der Waals surface area contributed by atoms with Gasteiger partial charge in [0.25, 0.3) is 0 Å². The fraction of sp³-hybridized carbons (Fsp3) is 0.286. The summed E-state index contributed by atoms with van der Waals surface area (Å²) < 4.78 is 0. The summed E-state index contributed by atoms with van der Waals surface area (Å²) in [7, 11) is 0. The van der Waals surface area contributed by atoms with E-state index in [0.29, 0.717) is 0 Å². The molecule has 58 valence electrons. The summed E-state index contributed by atoms with van der Waals surface area (Å²) in [5, 5.41) is 15.0. The number of carboxylic acid groups (broad SMARTS) is 1. The van der Waals surface area contributed by atoms with Crippen molar-refractivity contribution in [1.82, 2.24) is 0 Å². The highest BCUT2D eigenvalue weighted by Gasteiger charge is 1.82. The van der Waals surface area contributed by atoms with Crippen LogP contribution in [0.3, 0.4) is 0 Å². The van der Waals surface area contributed by atoms with Gasteiger partial charge in [-0.05, 0) is 6.92 Å². The predicted octanol–water partition coefficient (Wildman–Crippen LogP) is 0.812. The molecular weight excluding hydrogens is 132 g/mol. The minimum atomic E-state index is -1.19. The Morgan fingerprint density at radius 2 is 1.90 bits per heavy atom. The highest BCUT2D eigenvalue weighted by Crippen LogP contribution is 1.81. The van der Waals surface area contributed by atoms with Gasteiger partial charge in [0, 0.05) is 0 Å². The van der Waals surface area contributed by atoms with Crippen LogP contribution in [-0.2, 0) is 4.79 Å². The first kappa shape index (κ1) is 11.7. The van der Waals surface area contributed by atoms with Crippen molar-refractivity contribution >= 4 is 5.97 Å². The van der Waals surface area contributed by atoms with Crippen molar-refractivity contribution < 1.29 is 15.0 Å². The first-order valence-electron chi connectivity index (χ1n) is 2.65. The van der Waals surface area contributed by atoms with Crippen molar-refractivity contribution in [2.45, 2.75) is 6.92 Å². The molecule has 0 heterocycles. The second-order valence-corrected chi connectivity index (χ2v) is 1.60. The van der Waals surface area contributed by atoms with Gasteiger partial charge in [0.2, 0.25) is 0 Å². The van der Waals surface area contributed by atoms with Gasteiger partial charge < -0.3 is 10.2 Å². The number of carboxylic acids is 1. The Morgan fingerprint density at radius 3 is 1.90 bits per heavy atom. The number of rotatable bonds is 2. The number of hydrogen-bond donors (Lipinski definition) is 2. The molecule has 0 bridgehead atoms. The molecular formula is C7H12O3. The highest BCUT2D eigenvalue weighted by atomic mass is 16.4. The fourth-order valence-corrected chi connectivity index (χ4v) is 0. The Balaban J connectivity index is 0. The van der Waals surface area contributed by atoms with E-state index in [4.69, 9.17) is 15.0 Å². The minimum Gasteiger partial charge on any atom is -0.480 e. The number of aliphatic carboxylic acids is 1. The van der Waals surface area contributed by atoms with Crippen LogP contribution in [0.25, 0.3) is 0 Å². The van der Waals surface area contributed by atoms with E-state index in [2.05, 4.69) is 13.2 Å². The molecule has 0 atom stereocenters. The van der Waals surface area contributed by atoms with Crippen LogP contribution in [0, 0.1) is 0 Å². The molecule has 10 heavy (non-hydrogen) atoms. The van der Waals surface area contributed by atoms with E-state index < -0.39 is 12.6 Å². The summed E-state index contributed by atoms with van der Waals surface area (Å²) in [5.74, 6) is -1.19. The quantitative estimate of drug-likeness (QED) is 0.564. The summed E-state index contributed by atoms with van der Waals surface area (Å²) in [5.41, 5.74) is 1.02. The van der Waals surface area contributed by atoms with Gasteiger partial charge in [0.15, 0.2) is 0 Å². The zero-order valence-electron chi connectivity index (χ0n) is 6.00. The molecule has 0 radical (unpaired) electrons. The lowest BCUT2D eigenvalue weighted by Crippen LogP contribution is -1.98. The van der Waals surface area contributed by atoms with E-state index in [1.807, 2.05) is 6.92 Å². The zero-order valence-corrected chi connectivity index (χ0v) is 6.00. The highest BCUT2D eigenvalue weighted by molar-refractivity contribution is 5.67. The third-order valence-corrected chi connectivity index (χ3v) is 0.484. The molecule has 2 N–H and O–H groups in total. The smallest absolute Gasteiger partial charge is 0.329 e. The predicted molar refractivity (Wildman–Crippen MR) is 39.7 cm³/mol. The first-order valence-corrected chi connectivity index (χ1v) is 2.65. The van der Waals surface area contributed by atoms with Crippen LogP contribution >= 0.6 is 0 Å². The first-order chi connectivity index (χ1) is 4.54. The summed E-state index contributed by atoms with van der Waals surface area (Å²) in [6.07, 6.45) is 1.72. The molecule has 0 spiro atoms. The average molecular weight is 144 g/mol. The Kier molecular flexibility index (Phi) is 9.24. The molecule has 0 aliphatic heterocycles. The van der Waals surface area contributed by atoms with Gasteiger partial charge in [0.1, 0.15) is 6.61 Å². The molecule has 0 aliphatic rings. The number of aliphatic hydroxyl groups excluding tert-OH is 1. The maximum atomic E-state index is 9.12. The van der Waals surface area contributed by atoms with Gasteiger partial charge in [-0.2, -0.15) is 0 Å². The van der Waals surface area contributed by atoms with Gasteiger partial charge in [-0.1, -0.05) is 24.8 Å². The van der Waals surface area contributed by atoms with Gasteiger partial charge in [-0.15, -0.1) is 0 Å². The van der Waals surface area contributed by atoms with Crippen molar-refractivity contribution in [2.24, 2.45) is 0 Å². The van der Waals surface area contributed by atoms with Crippen molar-refractivity contribution in [3.63, 3.8) is 0 Å². The third-order valence-electron chi connectivity index (χ3n) is 0.484. The van der Waals surface area contributed by atoms with Crippen LogP contribution in [-0.4, -0.2) is 22.8 Å². The van der Waals surface area contributed by atoms with Gasteiger partial charge in [-0.25, -0.2) is 4.79 Å². The van der Waals surface area contributed by atoms with Crippen LogP contribution in [0.15, 0.2) is 24.8 Å². The number of hydrogen-bond acceptors (Lipinski definition) is 2. The molecule has 0 fully saturated rings. The molecule has 0 aliphatic carbocycles. The molecule has 0 rings (SSSR count). The maximum absolute atomic E-state index is 9.12. The van der Waals surface area contributed by atoms with Crippen molar-refractivity contribution in [2.75, 3.05) is 6.61 Å². The lowest BCUT2D eigenvalue weighted by Gasteiger charge is -1.72. The second-order valence-electron chi connectivity index (χ2n) is 1.60. The van der Waals surface area contributed by atoms with E-state index in [0.717, 1.165) is 5.57 Å². The van der Waals surface area contributed by atoms with Crippen LogP contribution in [0.2, 0.25) is 0 Å². The van der Waals surface area contributed by atoms with Crippen LogP contribution < -0.4 is 0 Å². The van der Waals surface area contributed by atoms with Crippen LogP contribution in [0.1, 0.15) is 6.92 Å². The van der Waals surface area contributed by atoms with Crippen molar-refractivity contribution in [3.8, 4) is 0 Å². The van der Waals surface area contributed by atoms with Crippen LogP contribution in [0.4, 0.5) is 0 Å². The normalized spacial score (nSPS) is 7.00. The van der Waals surface area contributed by atoms with Crippen LogP contribution in [0.5, 0.6) is 0 Å². The fourth-order valence-electron chi connectivity index (χ4n) is 0. The number of allylic oxidation sites excluding steroid dienone is 2. The Hall–Kier alpha value is -1.09. The summed E-state index contributed by atoms with van der Waals surface area (Å²) in [6, 6.07) is 0. The molecule has 0 aromatic heterocycles. The molecule has 3 heteroatoms. The standard InChI is InChI=1S/C5H8.C2H4O3/c1-4-5(2)3;3-1-2(4)5/h4H,1-2H2,3H3;3H,1H2,(H,4,5). The molecule has 3 nitrogen and oxygen atoms in total. The SMILES string of the molecule is C=CC(=C)C.O=C(O)CO. The molecule has 0 aromatic carbocycles. The van der Waals surface area contributed by atoms with E-state index >= 15 is 0 Å². The van der Waals surface area contributed by atoms with Gasteiger partial charge in [-0.3, -0.25) is 0 Å². The molecule has 0 unspecified atom stereocenters. The summed E-state index contributed by atoms with van der Waals surface area (Å²) in [6.45, 7) is 8.15. The van der Waals surface area contributed by atoms with E-state index in [9.17, 15) is 0 Å². The Morgan fingerprint density at radius 1 is 1.70 bits per heavy atom. The maximum Gasteiger partial charge on any atom is 0.329 e. The molecule has 0 saturated carbocycles. The lowest BCUT2D eigenvalue weighted by molar-refractivity contribution is -0.140. The zero-order chi connectivity index (χ0) is 8.57. The molecule has 0 saturated heterocycles. The van der Waals surface area contributed by atoms with Gasteiger partial charge in [0.05, 0.1) is 0 Å². The average Bonchev–Trinajstić information content (AvgIpc) is 1.89. The van der Waals surface area contributed by atoms with Crippen molar-refractivity contribution in [1.29, 1.82) is 0 Å². The Bertz CT molecular complexity index is 127. The van der Waals surface area contributed by atoms with E-state index in [1.165, 1.54) is 0 Å². The number of carbonyl (C=O) groups is 1. The second kappa shape index (κ2) is 7.91. The minimum absolute atomic E-state index is 0.778. The Labute approximate surface area is 60.3 Å². The van der Waals surface area contributed by atoms with Gasteiger partial charge >= 0.3 is 5.97 Å².